The van der Waals surface area contributed by atoms with Crippen molar-refractivity contribution in [2.75, 3.05) is 27.3 Å². The minimum absolute atomic E-state index is 0.0883. The summed E-state index contributed by atoms with van der Waals surface area (Å²) in [5.74, 6) is 0.497. The van der Waals surface area contributed by atoms with Crippen molar-refractivity contribution in [2.45, 2.75) is 25.4 Å². The number of likely N-dealkylation sites (tertiary alicyclic amines) is 1. The van der Waals surface area contributed by atoms with Crippen LogP contribution in [0, 0.1) is 0 Å². The average Bonchev–Trinajstić information content (AvgIpc) is 2.69. The van der Waals surface area contributed by atoms with Crippen LogP contribution in [0.5, 0.6) is 11.8 Å². The number of amides is 1. The summed E-state index contributed by atoms with van der Waals surface area (Å²) in [7, 11) is 3.02. The van der Waals surface area contributed by atoms with Gasteiger partial charge >= 0.3 is 0 Å². The van der Waals surface area contributed by atoms with Gasteiger partial charge in [-0.05, 0) is 43.1 Å². The lowest BCUT2D eigenvalue weighted by Gasteiger charge is -2.33. The van der Waals surface area contributed by atoms with Crippen molar-refractivity contribution in [2.24, 2.45) is 0 Å². The number of ether oxygens (including phenoxy) is 2. The molecule has 1 fully saturated rings. The van der Waals surface area contributed by atoms with Crippen LogP contribution in [-0.2, 0) is 6.54 Å². The molecule has 7 heteroatoms. The molecule has 0 aliphatic carbocycles. The van der Waals surface area contributed by atoms with E-state index in [1.54, 1.807) is 12.1 Å². The highest BCUT2D eigenvalue weighted by molar-refractivity contribution is 6.30. The molecule has 2 aromatic rings. The van der Waals surface area contributed by atoms with Gasteiger partial charge in [-0.3, -0.25) is 9.69 Å². The number of nitrogens with one attached hydrogen (secondary N) is 1. The second-order valence-electron chi connectivity index (χ2n) is 6.58. The molecule has 0 radical (unpaired) electrons. The van der Waals surface area contributed by atoms with E-state index < -0.39 is 0 Å². The Bertz CT molecular complexity index is 783. The summed E-state index contributed by atoms with van der Waals surface area (Å²) in [6.45, 7) is 2.67. The third-order valence-corrected chi connectivity index (χ3v) is 4.89. The monoisotopic (exact) mass is 389 g/mol. The zero-order chi connectivity index (χ0) is 19.2. The van der Waals surface area contributed by atoms with Crippen molar-refractivity contribution in [1.82, 2.24) is 15.2 Å². The Kier molecular flexibility index (Phi) is 6.53. The quantitative estimate of drug-likeness (QED) is 0.822. The fraction of sp³-hybridized carbons (Fsp3) is 0.400. The molecule has 2 heterocycles. The second kappa shape index (κ2) is 9.06. The smallest absolute Gasteiger partial charge is 0.257 e. The van der Waals surface area contributed by atoms with Crippen LogP contribution < -0.4 is 14.8 Å². The summed E-state index contributed by atoms with van der Waals surface area (Å²) in [5, 5.41) is 3.85. The maximum Gasteiger partial charge on any atom is 0.257 e. The first-order valence-electron chi connectivity index (χ1n) is 8.95. The number of halogens is 1. The highest BCUT2D eigenvalue weighted by Crippen LogP contribution is 2.21. The van der Waals surface area contributed by atoms with Crippen LogP contribution in [0.15, 0.2) is 36.4 Å². The van der Waals surface area contributed by atoms with Crippen molar-refractivity contribution >= 4 is 17.5 Å². The van der Waals surface area contributed by atoms with Crippen LogP contribution in [-0.4, -0.2) is 49.1 Å². The Hall–Kier alpha value is -2.31. The first kappa shape index (κ1) is 19.5. The molecule has 6 nitrogen and oxygen atoms in total. The number of carbonyl (C=O) groups is 1. The maximum absolute atomic E-state index is 12.7. The minimum atomic E-state index is -0.180. The summed E-state index contributed by atoms with van der Waals surface area (Å²) in [4.78, 5) is 19.2. The molecule has 27 heavy (non-hydrogen) atoms. The number of hydrogen-bond donors (Lipinski definition) is 1. The topological polar surface area (TPSA) is 63.7 Å². The fourth-order valence-corrected chi connectivity index (χ4v) is 3.42. The van der Waals surface area contributed by atoms with Gasteiger partial charge in [0.1, 0.15) is 5.56 Å². The van der Waals surface area contributed by atoms with E-state index >= 15 is 0 Å². The van der Waals surface area contributed by atoms with E-state index in [-0.39, 0.29) is 17.8 Å². The van der Waals surface area contributed by atoms with Crippen LogP contribution in [0.25, 0.3) is 0 Å². The van der Waals surface area contributed by atoms with Crippen LogP contribution >= 0.6 is 11.6 Å². The van der Waals surface area contributed by atoms with Gasteiger partial charge in [-0.15, -0.1) is 0 Å². The minimum Gasteiger partial charge on any atom is -0.481 e. The highest BCUT2D eigenvalue weighted by atomic mass is 35.5. The van der Waals surface area contributed by atoms with Crippen molar-refractivity contribution in [3.8, 4) is 11.8 Å². The number of benzene rings is 1. The Morgan fingerprint density at radius 3 is 2.70 bits per heavy atom. The Balaban J connectivity index is 1.61. The summed E-state index contributed by atoms with van der Waals surface area (Å²) in [6, 6.07) is 11.3. The molecule has 0 spiro atoms. The number of hydrogen-bond acceptors (Lipinski definition) is 5. The van der Waals surface area contributed by atoms with Crippen LogP contribution in [0.1, 0.15) is 28.8 Å². The predicted octanol–water partition coefficient (Wildman–Crippen LogP) is 3.15. The zero-order valence-electron chi connectivity index (χ0n) is 15.6. The Morgan fingerprint density at radius 1 is 1.22 bits per heavy atom. The van der Waals surface area contributed by atoms with E-state index in [9.17, 15) is 4.79 Å². The molecule has 1 atom stereocenters. The molecule has 1 aliphatic rings. The number of methoxy groups -OCH3 is 2. The van der Waals surface area contributed by atoms with Gasteiger partial charge in [0.05, 0.1) is 14.2 Å². The van der Waals surface area contributed by atoms with Gasteiger partial charge in [-0.25, -0.2) is 0 Å². The molecule has 1 aliphatic heterocycles. The number of pyridine rings is 1. The van der Waals surface area contributed by atoms with Crippen molar-refractivity contribution in [3.63, 3.8) is 0 Å². The van der Waals surface area contributed by atoms with Gasteiger partial charge < -0.3 is 14.8 Å². The summed E-state index contributed by atoms with van der Waals surface area (Å²) in [6.07, 6.45) is 1.99. The lowest BCUT2D eigenvalue weighted by atomic mass is 10.0. The average molecular weight is 390 g/mol. The molecule has 1 saturated heterocycles. The van der Waals surface area contributed by atoms with Gasteiger partial charge in [0.25, 0.3) is 5.91 Å². The van der Waals surface area contributed by atoms with Crippen LogP contribution in [0.2, 0.25) is 5.02 Å². The molecule has 0 saturated carbocycles. The molecule has 144 valence electrons. The lowest BCUT2D eigenvalue weighted by molar-refractivity contribution is 0.0897. The predicted molar refractivity (Wildman–Crippen MR) is 105 cm³/mol. The van der Waals surface area contributed by atoms with Gasteiger partial charge in [-0.2, -0.15) is 4.98 Å². The Morgan fingerprint density at radius 2 is 2.00 bits per heavy atom. The van der Waals surface area contributed by atoms with Crippen molar-refractivity contribution < 1.29 is 14.3 Å². The third-order valence-electron chi connectivity index (χ3n) is 4.64. The Labute approximate surface area is 164 Å². The van der Waals surface area contributed by atoms with E-state index in [1.165, 1.54) is 19.8 Å². The molecular formula is C20H24ClN3O3. The van der Waals surface area contributed by atoms with Crippen LogP contribution in [0.3, 0.4) is 0 Å². The standard InChI is InChI=1S/C20H24ClN3O3/c1-26-18-10-9-17(20(23-18)27-2)19(25)22-16-4-3-11-24(13-16)12-14-5-7-15(21)8-6-14/h5-10,16H,3-4,11-13H2,1-2H3,(H,22,25). The molecule has 1 aromatic heterocycles. The molecule has 3 rings (SSSR count). The number of aromatic nitrogens is 1. The molecule has 0 bridgehead atoms. The number of nitrogens with zero attached hydrogens (tertiary/aromatic N) is 2. The number of piperidine rings is 1. The van der Waals surface area contributed by atoms with Gasteiger partial charge in [-0.1, -0.05) is 23.7 Å². The first-order valence-corrected chi connectivity index (χ1v) is 9.33. The van der Waals surface area contributed by atoms with E-state index in [4.69, 9.17) is 21.1 Å². The number of carbonyl (C=O) groups excluding carboxylic acids is 1. The van der Waals surface area contributed by atoms with Crippen LogP contribution in [0.4, 0.5) is 0 Å². The third kappa shape index (κ3) is 5.11. The molecule has 1 unspecified atom stereocenters. The lowest BCUT2D eigenvalue weighted by Crippen LogP contribution is -2.47. The largest absolute Gasteiger partial charge is 0.481 e. The SMILES string of the molecule is COc1ccc(C(=O)NC2CCCN(Cc3ccc(Cl)cc3)C2)c(OC)n1. The number of rotatable bonds is 6. The molecule has 1 aromatic carbocycles. The summed E-state index contributed by atoms with van der Waals surface area (Å²) < 4.78 is 10.3. The van der Waals surface area contributed by atoms with Gasteiger partial charge in [0, 0.05) is 30.2 Å². The van der Waals surface area contributed by atoms with E-state index in [0.717, 1.165) is 37.5 Å². The normalized spacial score (nSPS) is 17.4. The second-order valence-corrected chi connectivity index (χ2v) is 7.02. The molecule has 1 N–H and O–H groups in total. The summed E-state index contributed by atoms with van der Waals surface area (Å²) in [5.41, 5.74) is 1.63. The van der Waals surface area contributed by atoms with Gasteiger partial charge in [0.15, 0.2) is 0 Å². The summed E-state index contributed by atoms with van der Waals surface area (Å²) >= 11 is 5.95. The van der Waals surface area contributed by atoms with Crippen molar-refractivity contribution in [1.29, 1.82) is 0 Å². The molecular weight excluding hydrogens is 366 g/mol. The zero-order valence-corrected chi connectivity index (χ0v) is 16.3. The van der Waals surface area contributed by atoms with Crippen molar-refractivity contribution in [3.05, 3.63) is 52.5 Å². The fourth-order valence-electron chi connectivity index (χ4n) is 3.29. The maximum atomic E-state index is 12.7. The first-order chi connectivity index (χ1) is 13.1. The van der Waals surface area contributed by atoms with Gasteiger partial charge in [0.2, 0.25) is 11.8 Å². The highest BCUT2D eigenvalue weighted by Gasteiger charge is 2.23. The van der Waals surface area contributed by atoms with E-state index in [2.05, 4.69) is 15.2 Å². The van der Waals surface area contributed by atoms with E-state index in [0.29, 0.717) is 11.4 Å². The van der Waals surface area contributed by atoms with E-state index in [1.807, 2.05) is 24.3 Å². The molecule has 1 amide bonds.